The molecule has 3 atom stereocenters. The fraction of sp³-hybridized carbons (Fsp3) is 0.353. The third-order valence-electron chi connectivity index (χ3n) is 4.36. The summed E-state index contributed by atoms with van der Waals surface area (Å²) in [4.78, 5) is 16.3. The lowest BCUT2D eigenvalue weighted by Crippen LogP contribution is -2.35. The number of rotatable bonds is 3. The summed E-state index contributed by atoms with van der Waals surface area (Å²) in [7, 11) is 0. The van der Waals surface area contributed by atoms with Gasteiger partial charge in [0.1, 0.15) is 6.04 Å². The highest BCUT2D eigenvalue weighted by Crippen LogP contribution is 2.48. The van der Waals surface area contributed by atoms with Gasteiger partial charge < -0.3 is 4.90 Å². The molecule has 0 bridgehead atoms. The molecule has 0 saturated carbocycles. The van der Waals surface area contributed by atoms with Crippen LogP contribution in [0.3, 0.4) is 0 Å². The van der Waals surface area contributed by atoms with E-state index in [1.165, 1.54) is 5.56 Å². The van der Waals surface area contributed by atoms with Gasteiger partial charge in [-0.1, -0.05) is 30.8 Å². The summed E-state index contributed by atoms with van der Waals surface area (Å²) in [5.41, 5.74) is 2.26. The van der Waals surface area contributed by atoms with Gasteiger partial charge >= 0.3 is 0 Å². The second-order valence-corrected chi connectivity index (χ2v) is 6.61. The Bertz CT molecular complexity index is 674. The van der Waals surface area contributed by atoms with Crippen LogP contribution in [-0.4, -0.2) is 31.8 Å². The SMILES string of the molecule is CC[C@@H]1CSC2=N[C@@H](c3ccccn3)[C@H](c3cccnc3)N21. The maximum atomic E-state index is 4.99. The third-order valence-corrected chi connectivity index (χ3v) is 5.48. The van der Waals surface area contributed by atoms with Crippen molar-refractivity contribution < 1.29 is 0 Å². The van der Waals surface area contributed by atoms with Crippen molar-refractivity contribution in [2.45, 2.75) is 31.5 Å². The predicted molar refractivity (Wildman–Crippen MR) is 89.8 cm³/mol. The van der Waals surface area contributed by atoms with E-state index in [9.17, 15) is 0 Å². The van der Waals surface area contributed by atoms with Crippen molar-refractivity contribution in [1.29, 1.82) is 0 Å². The summed E-state index contributed by atoms with van der Waals surface area (Å²) in [5.74, 6) is 1.13. The Balaban J connectivity index is 1.79. The van der Waals surface area contributed by atoms with Crippen molar-refractivity contribution in [3.63, 3.8) is 0 Å². The molecule has 4 nitrogen and oxygen atoms in total. The Morgan fingerprint density at radius 1 is 1.23 bits per heavy atom. The lowest BCUT2D eigenvalue weighted by molar-refractivity contribution is 0.255. The molecular formula is C17H18N4S. The summed E-state index contributed by atoms with van der Waals surface area (Å²) in [6.07, 6.45) is 6.78. The molecule has 0 unspecified atom stereocenters. The van der Waals surface area contributed by atoms with Gasteiger partial charge in [-0.3, -0.25) is 15.0 Å². The van der Waals surface area contributed by atoms with Crippen LogP contribution < -0.4 is 0 Å². The molecular weight excluding hydrogens is 292 g/mol. The normalized spacial score (nSPS) is 26.9. The van der Waals surface area contributed by atoms with Crippen LogP contribution in [0.15, 0.2) is 53.9 Å². The van der Waals surface area contributed by atoms with Gasteiger partial charge in [-0.2, -0.15) is 0 Å². The Labute approximate surface area is 134 Å². The van der Waals surface area contributed by atoms with Crippen LogP contribution in [0.5, 0.6) is 0 Å². The van der Waals surface area contributed by atoms with Gasteiger partial charge in [0, 0.05) is 30.4 Å². The lowest BCUT2D eigenvalue weighted by Gasteiger charge is -2.31. The summed E-state index contributed by atoms with van der Waals surface area (Å²) in [5, 5.41) is 1.16. The topological polar surface area (TPSA) is 41.4 Å². The summed E-state index contributed by atoms with van der Waals surface area (Å²) in [6.45, 7) is 2.25. The van der Waals surface area contributed by atoms with E-state index >= 15 is 0 Å². The molecule has 2 aliphatic rings. The number of aromatic nitrogens is 2. The maximum absolute atomic E-state index is 4.99. The van der Waals surface area contributed by atoms with Crippen LogP contribution in [0.1, 0.15) is 36.7 Å². The zero-order chi connectivity index (χ0) is 14.9. The fourth-order valence-corrected chi connectivity index (χ4v) is 4.60. The molecule has 0 spiro atoms. The van der Waals surface area contributed by atoms with Crippen molar-refractivity contribution >= 4 is 16.9 Å². The van der Waals surface area contributed by atoms with E-state index in [1.54, 1.807) is 0 Å². The van der Waals surface area contributed by atoms with Gasteiger partial charge in [-0.25, -0.2) is 0 Å². The molecule has 112 valence electrons. The second kappa shape index (κ2) is 5.72. The van der Waals surface area contributed by atoms with Crippen molar-refractivity contribution in [2.24, 2.45) is 4.99 Å². The van der Waals surface area contributed by atoms with Crippen LogP contribution in [0.25, 0.3) is 0 Å². The fourth-order valence-electron chi connectivity index (χ4n) is 3.26. The number of fused-ring (bicyclic) bond motifs is 1. The van der Waals surface area contributed by atoms with Crippen molar-refractivity contribution in [3.8, 4) is 0 Å². The third kappa shape index (κ3) is 2.20. The highest BCUT2D eigenvalue weighted by molar-refractivity contribution is 8.14. The van der Waals surface area contributed by atoms with Gasteiger partial charge in [0.25, 0.3) is 0 Å². The molecule has 22 heavy (non-hydrogen) atoms. The van der Waals surface area contributed by atoms with Gasteiger partial charge in [-0.15, -0.1) is 0 Å². The van der Waals surface area contributed by atoms with E-state index < -0.39 is 0 Å². The number of nitrogens with zero attached hydrogens (tertiary/aromatic N) is 4. The zero-order valence-corrected chi connectivity index (χ0v) is 13.3. The number of hydrogen-bond acceptors (Lipinski definition) is 5. The molecule has 2 aromatic heterocycles. The average Bonchev–Trinajstić information content (AvgIpc) is 3.15. The number of pyridine rings is 2. The van der Waals surface area contributed by atoms with E-state index in [0.717, 1.165) is 23.0 Å². The van der Waals surface area contributed by atoms with Crippen LogP contribution in [0.4, 0.5) is 0 Å². The molecule has 1 saturated heterocycles. The van der Waals surface area contributed by atoms with Gasteiger partial charge in [0.15, 0.2) is 5.17 Å². The molecule has 2 aliphatic heterocycles. The van der Waals surface area contributed by atoms with Gasteiger partial charge in [0.2, 0.25) is 0 Å². The summed E-state index contributed by atoms with van der Waals surface area (Å²) < 4.78 is 0. The number of hydrogen-bond donors (Lipinski definition) is 0. The predicted octanol–water partition coefficient (Wildman–Crippen LogP) is 3.46. The smallest absolute Gasteiger partial charge is 0.160 e. The lowest BCUT2D eigenvalue weighted by atomic mass is 9.96. The highest BCUT2D eigenvalue weighted by Gasteiger charge is 2.45. The first-order chi connectivity index (χ1) is 10.9. The average molecular weight is 310 g/mol. The molecule has 0 aliphatic carbocycles. The largest absolute Gasteiger partial charge is 0.338 e. The maximum Gasteiger partial charge on any atom is 0.160 e. The van der Waals surface area contributed by atoms with E-state index in [1.807, 2.05) is 48.6 Å². The Kier molecular flexibility index (Phi) is 3.58. The van der Waals surface area contributed by atoms with Crippen LogP contribution in [0.2, 0.25) is 0 Å². The number of thioether (sulfide) groups is 1. The Morgan fingerprint density at radius 3 is 2.91 bits per heavy atom. The first kappa shape index (κ1) is 13.8. The monoisotopic (exact) mass is 310 g/mol. The van der Waals surface area contributed by atoms with E-state index in [2.05, 4.69) is 33.9 Å². The van der Waals surface area contributed by atoms with E-state index in [4.69, 9.17) is 4.99 Å². The molecule has 2 aromatic rings. The minimum absolute atomic E-state index is 0.0576. The van der Waals surface area contributed by atoms with Crippen LogP contribution >= 0.6 is 11.8 Å². The zero-order valence-electron chi connectivity index (χ0n) is 12.5. The van der Waals surface area contributed by atoms with Crippen LogP contribution in [-0.2, 0) is 0 Å². The minimum atomic E-state index is 0.0576. The molecule has 5 heteroatoms. The quantitative estimate of drug-likeness (QED) is 0.870. The Morgan fingerprint density at radius 2 is 2.18 bits per heavy atom. The minimum Gasteiger partial charge on any atom is -0.338 e. The first-order valence-corrected chi connectivity index (χ1v) is 8.67. The first-order valence-electron chi connectivity index (χ1n) is 7.68. The number of aliphatic imine (C=N–C) groups is 1. The molecule has 0 radical (unpaired) electrons. The molecule has 4 heterocycles. The number of amidine groups is 1. The second-order valence-electron chi connectivity index (χ2n) is 5.62. The van der Waals surface area contributed by atoms with Crippen molar-refractivity contribution in [2.75, 3.05) is 5.75 Å². The van der Waals surface area contributed by atoms with Crippen LogP contribution in [0, 0.1) is 0 Å². The van der Waals surface area contributed by atoms with E-state index in [0.29, 0.717) is 6.04 Å². The summed E-state index contributed by atoms with van der Waals surface area (Å²) >= 11 is 1.87. The molecule has 0 amide bonds. The molecule has 0 aromatic carbocycles. The van der Waals surface area contributed by atoms with Crippen molar-refractivity contribution in [1.82, 2.24) is 14.9 Å². The van der Waals surface area contributed by atoms with E-state index in [-0.39, 0.29) is 12.1 Å². The Hall–Kier alpha value is -1.88. The molecule has 1 fully saturated rings. The molecule has 0 N–H and O–H groups in total. The molecule has 4 rings (SSSR count). The van der Waals surface area contributed by atoms with Crippen molar-refractivity contribution in [3.05, 3.63) is 60.2 Å². The highest BCUT2D eigenvalue weighted by atomic mass is 32.2. The van der Waals surface area contributed by atoms with Gasteiger partial charge in [0.05, 0.1) is 11.7 Å². The van der Waals surface area contributed by atoms with Gasteiger partial charge in [-0.05, 0) is 30.2 Å². The standard InChI is InChI=1S/C17H18N4S/c1-2-13-11-22-17-20-15(14-7-3-4-9-19-14)16(21(13)17)12-6-5-8-18-10-12/h3-10,13,15-16H,2,11H2,1H3/t13-,15+,16+/m1/s1. The summed E-state index contributed by atoms with van der Waals surface area (Å²) in [6, 6.07) is 11.0.